The number of halogens is 1. The SMILES string of the molecule is CC[C@H](O)[C@@](CF)(COP(=O)(O)OP(=O)(O)OP(=O)(O)O)O[C@H](CO)n1ccc(=O)[nH]c1=O. The fourth-order valence-electron chi connectivity index (χ4n) is 2.34. The van der Waals surface area contributed by atoms with Crippen LogP contribution in [0.1, 0.15) is 19.6 Å². The van der Waals surface area contributed by atoms with Crippen molar-refractivity contribution in [2.24, 2.45) is 0 Å². The molecule has 0 bridgehead atoms. The summed E-state index contributed by atoms with van der Waals surface area (Å²) in [6.45, 7) is -2.79. The highest BCUT2D eigenvalue weighted by Gasteiger charge is 2.46. The van der Waals surface area contributed by atoms with Gasteiger partial charge < -0.3 is 34.5 Å². The molecule has 0 saturated heterocycles. The zero-order valence-corrected chi connectivity index (χ0v) is 19.3. The molecule has 1 aromatic rings. The minimum absolute atomic E-state index is 0.275. The second kappa shape index (κ2) is 11.6. The lowest BCUT2D eigenvalue weighted by molar-refractivity contribution is -0.211. The number of H-pyrrole nitrogens is 1. The van der Waals surface area contributed by atoms with Crippen LogP contribution in [0.4, 0.5) is 4.39 Å². The van der Waals surface area contributed by atoms with Crippen LogP contribution in [-0.2, 0) is 31.6 Å². The molecule has 2 unspecified atom stereocenters. The number of nitrogens with zero attached hydrogens (tertiary/aromatic N) is 1. The smallest absolute Gasteiger partial charge is 0.392 e. The van der Waals surface area contributed by atoms with Crippen molar-refractivity contribution < 1.29 is 65.8 Å². The Morgan fingerprint density at radius 3 is 2.21 bits per heavy atom. The molecule has 0 fully saturated rings. The highest BCUT2D eigenvalue weighted by Crippen LogP contribution is 2.66. The summed E-state index contributed by atoms with van der Waals surface area (Å²) in [5.41, 5.74) is -4.51. The van der Waals surface area contributed by atoms with Gasteiger partial charge >= 0.3 is 29.2 Å². The van der Waals surface area contributed by atoms with E-state index in [0.29, 0.717) is 4.57 Å². The van der Waals surface area contributed by atoms with E-state index in [1.165, 1.54) is 6.92 Å². The lowest BCUT2D eigenvalue weighted by atomic mass is 9.97. The van der Waals surface area contributed by atoms with Crippen molar-refractivity contribution in [3.05, 3.63) is 33.1 Å². The first-order valence-electron chi connectivity index (χ1n) is 8.62. The van der Waals surface area contributed by atoms with Gasteiger partial charge in [0.2, 0.25) is 0 Å². The summed E-state index contributed by atoms with van der Waals surface area (Å²) in [4.78, 5) is 60.7. The second-order valence-corrected chi connectivity index (χ2v) is 10.7. The van der Waals surface area contributed by atoms with Gasteiger partial charge in [0, 0.05) is 12.3 Å². The van der Waals surface area contributed by atoms with Gasteiger partial charge in [-0.25, -0.2) is 22.9 Å². The molecule has 192 valence electrons. The molecular formula is C12H22FN2O15P3. The van der Waals surface area contributed by atoms with E-state index in [1.54, 1.807) is 0 Å². The maximum atomic E-state index is 14.0. The Labute approximate surface area is 183 Å². The molecule has 0 aliphatic heterocycles. The molecule has 1 heterocycles. The molecule has 0 aromatic carbocycles. The first kappa shape index (κ1) is 29.9. The molecule has 0 saturated carbocycles. The van der Waals surface area contributed by atoms with Crippen molar-refractivity contribution in [1.29, 1.82) is 0 Å². The number of ether oxygens (including phenoxy) is 1. The van der Waals surface area contributed by atoms with Crippen LogP contribution in [0.5, 0.6) is 0 Å². The van der Waals surface area contributed by atoms with Gasteiger partial charge in [-0.2, -0.15) is 8.62 Å². The number of hydrogen-bond donors (Lipinski definition) is 7. The Morgan fingerprint density at radius 2 is 1.76 bits per heavy atom. The number of phosphoric acid groups is 3. The van der Waals surface area contributed by atoms with Crippen LogP contribution in [0, 0.1) is 0 Å². The summed E-state index contributed by atoms with van der Waals surface area (Å²) >= 11 is 0. The van der Waals surface area contributed by atoms with Gasteiger partial charge in [-0.1, -0.05) is 6.92 Å². The number of aliphatic hydroxyl groups excluding tert-OH is 2. The molecule has 0 amide bonds. The predicted octanol–water partition coefficient (Wildman–Crippen LogP) is -1.13. The summed E-state index contributed by atoms with van der Waals surface area (Å²) in [6.07, 6.45) is -3.01. The maximum absolute atomic E-state index is 14.0. The van der Waals surface area contributed by atoms with E-state index >= 15 is 0 Å². The lowest BCUT2D eigenvalue weighted by Crippen LogP contribution is -2.53. The molecule has 33 heavy (non-hydrogen) atoms. The largest absolute Gasteiger partial charge is 0.490 e. The molecule has 21 heteroatoms. The van der Waals surface area contributed by atoms with Gasteiger partial charge in [-0.05, 0) is 6.42 Å². The number of hydrogen-bond acceptors (Lipinski definition) is 11. The van der Waals surface area contributed by atoms with Gasteiger partial charge in [0.1, 0.15) is 12.3 Å². The second-order valence-electron chi connectivity index (χ2n) is 6.26. The third kappa shape index (κ3) is 9.22. The number of aliphatic hydroxyl groups is 2. The topological polar surface area (TPSA) is 264 Å². The summed E-state index contributed by atoms with van der Waals surface area (Å²) < 4.78 is 65.3. The zero-order valence-electron chi connectivity index (χ0n) is 16.7. The number of aromatic amines is 1. The quantitative estimate of drug-likeness (QED) is 0.136. The number of phosphoric ester groups is 1. The number of nitrogens with one attached hydrogen (secondary N) is 1. The average molecular weight is 546 g/mol. The molecule has 0 spiro atoms. The van der Waals surface area contributed by atoms with E-state index in [4.69, 9.17) is 19.4 Å². The van der Waals surface area contributed by atoms with Gasteiger partial charge in [0.25, 0.3) is 5.56 Å². The molecule has 1 aromatic heterocycles. The fourth-order valence-corrected chi connectivity index (χ4v) is 5.42. The fraction of sp³-hybridized carbons (Fsp3) is 0.667. The van der Waals surface area contributed by atoms with E-state index < -0.39 is 72.5 Å². The van der Waals surface area contributed by atoms with Gasteiger partial charge in [0.05, 0.1) is 19.3 Å². The van der Waals surface area contributed by atoms with Crippen LogP contribution in [0.15, 0.2) is 21.9 Å². The Hall–Kier alpha value is -1.10. The molecule has 17 nitrogen and oxygen atoms in total. The molecule has 7 N–H and O–H groups in total. The van der Waals surface area contributed by atoms with Crippen LogP contribution in [0.25, 0.3) is 0 Å². The predicted molar refractivity (Wildman–Crippen MR) is 103 cm³/mol. The lowest BCUT2D eigenvalue weighted by Gasteiger charge is -2.38. The van der Waals surface area contributed by atoms with Crippen LogP contribution in [0.2, 0.25) is 0 Å². The summed E-state index contributed by atoms with van der Waals surface area (Å²) in [7, 11) is -17.2. The molecule has 5 atom stereocenters. The van der Waals surface area contributed by atoms with E-state index in [2.05, 4.69) is 13.1 Å². The third-order valence-electron chi connectivity index (χ3n) is 3.80. The summed E-state index contributed by atoms with van der Waals surface area (Å²) in [5.74, 6) is 0. The minimum atomic E-state index is -5.87. The molecule has 0 aliphatic carbocycles. The number of alkyl halides is 1. The highest BCUT2D eigenvalue weighted by atomic mass is 31.3. The first-order chi connectivity index (χ1) is 15.0. The van der Waals surface area contributed by atoms with Crippen molar-refractivity contribution in [3.63, 3.8) is 0 Å². The van der Waals surface area contributed by atoms with Crippen LogP contribution < -0.4 is 11.2 Å². The normalized spacial score (nSPS) is 19.8. The van der Waals surface area contributed by atoms with Crippen molar-refractivity contribution in [2.45, 2.75) is 31.3 Å². The molecule has 0 radical (unpaired) electrons. The van der Waals surface area contributed by atoms with Crippen molar-refractivity contribution >= 4 is 23.5 Å². The van der Waals surface area contributed by atoms with E-state index in [-0.39, 0.29) is 6.42 Å². The van der Waals surface area contributed by atoms with Gasteiger partial charge in [-0.3, -0.25) is 18.9 Å². The maximum Gasteiger partial charge on any atom is 0.490 e. The average Bonchev–Trinajstić information content (AvgIpc) is 2.66. The van der Waals surface area contributed by atoms with E-state index in [9.17, 15) is 42.8 Å². The summed E-state index contributed by atoms with van der Waals surface area (Å²) in [6, 6.07) is 0.854. The zero-order chi connectivity index (χ0) is 25.7. The number of aromatic nitrogens is 2. The first-order valence-corrected chi connectivity index (χ1v) is 13.1. The Bertz CT molecular complexity index is 1060. The standard InChI is InChI=1S/C12H22FN2O15P3/c1-2-8(17)12(6-13,28-10(5-16)15-4-3-9(18)14-11(15)19)7-27-32(23,24)30-33(25,26)29-31(20,21)22/h3-4,8,10,16-17H,2,5-7H2,1H3,(H,23,24)(H,25,26)(H,14,18,19)(H2,20,21,22)/t8-,10+,12+/m0/s1. The minimum Gasteiger partial charge on any atom is -0.392 e. The number of rotatable bonds is 14. The Morgan fingerprint density at radius 1 is 1.15 bits per heavy atom. The highest BCUT2D eigenvalue weighted by molar-refractivity contribution is 7.66. The van der Waals surface area contributed by atoms with Crippen molar-refractivity contribution in [1.82, 2.24) is 9.55 Å². The summed E-state index contributed by atoms with van der Waals surface area (Å²) in [5, 5.41) is 19.8. The van der Waals surface area contributed by atoms with Crippen LogP contribution in [-0.4, -0.2) is 70.9 Å². The van der Waals surface area contributed by atoms with E-state index in [0.717, 1.165) is 12.3 Å². The van der Waals surface area contributed by atoms with Crippen LogP contribution in [0.3, 0.4) is 0 Å². The van der Waals surface area contributed by atoms with E-state index in [1.807, 2.05) is 4.98 Å². The van der Waals surface area contributed by atoms with Gasteiger partial charge in [-0.15, -0.1) is 0 Å². The Kier molecular flexibility index (Phi) is 10.5. The van der Waals surface area contributed by atoms with Crippen molar-refractivity contribution in [3.8, 4) is 0 Å². The molecular weight excluding hydrogens is 524 g/mol. The molecule has 1 rings (SSSR count). The van der Waals surface area contributed by atoms with Crippen LogP contribution >= 0.6 is 23.5 Å². The monoisotopic (exact) mass is 546 g/mol. The molecule has 0 aliphatic rings. The third-order valence-corrected chi connectivity index (χ3v) is 7.58. The van der Waals surface area contributed by atoms with Gasteiger partial charge in [0.15, 0.2) is 6.23 Å². The Balaban J connectivity index is 3.20. The van der Waals surface area contributed by atoms with Crippen molar-refractivity contribution in [2.75, 3.05) is 19.9 Å².